The zero-order valence-corrected chi connectivity index (χ0v) is 13.3. The molecule has 0 saturated heterocycles. The van der Waals surface area contributed by atoms with E-state index >= 15 is 0 Å². The molecule has 21 heavy (non-hydrogen) atoms. The number of aromatic nitrogens is 1. The van der Waals surface area contributed by atoms with E-state index in [4.69, 9.17) is 11.6 Å². The molecule has 1 amide bonds. The minimum atomic E-state index is -0.400. The largest absolute Gasteiger partial charge is 0.323 e. The van der Waals surface area contributed by atoms with Gasteiger partial charge in [0.1, 0.15) is 11.0 Å². The number of carbonyl (C=O) groups excluding carboxylic acids is 1. The summed E-state index contributed by atoms with van der Waals surface area (Å²) in [6.45, 7) is 5.56. The second kappa shape index (κ2) is 8.57. The molecule has 0 spiro atoms. The third-order valence-electron chi connectivity index (χ3n) is 3.03. The van der Waals surface area contributed by atoms with Crippen LogP contribution in [0.25, 0.3) is 0 Å². The highest BCUT2D eigenvalue weighted by Crippen LogP contribution is 2.18. The van der Waals surface area contributed by atoms with E-state index in [1.165, 1.54) is 6.08 Å². The van der Waals surface area contributed by atoms with Crippen LogP contribution in [-0.2, 0) is 11.2 Å². The molecule has 5 heteroatoms. The molecule has 1 N–H and O–H groups in total. The van der Waals surface area contributed by atoms with Crippen molar-refractivity contribution in [1.82, 2.24) is 10.3 Å². The summed E-state index contributed by atoms with van der Waals surface area (Å²) in [6.07, 6.45) is 4.29. The monoisotopic (exact) mass is 310 g/mol. The number of halogens is 2. The number of hydrogen-bond acceptors (Lipinski definition) is 2. The number of rotatable bonds is 6. The lowest BCUT2D eigenvalue weighted by molar-refractivity contribution is -0.119. The zero-order valence-electron chi connectivity index (χ0n) is 12.5. The van der Waals surface area contributed by atoms with E-state index in [0.717, 1.165) is 5.57 Å². The molecule has 0 aliphatic rings. The van der Waals surface area contributed by atoms with E-state index in [1.807, 2.05) is 13.8 Å². The summed E-state index contributed by atoms with van der Waals surface area (Å²) >= 11 is 5.92. The molecule has 114 valence electrons. The minimum absolute atomic E-state index is 0.0621. The van der Waals surface area contributed by atoms with E-state index in [1.54, 1.807) is 25.3 Å². The van der Waals surface area contributed by atoms with Gasteiger partial charge in [0.2, 0.25) is 5.91 Å². The quantitative estimate of drug-likeness (QED) is 0.627. The standard InChI is InChI=1S/C16H20ClFN2O/c1-4-7-13(18)15(11(3)5-2)20-14(21)10-12-8-6-9-19-16(12)17/h6-9H,4-5,10H2,1-3H3,(H,20,21)/b13-7+,15-11+. The Morgan fingerprint density at radius 3 is 2.76 bits per heavy atom. The molecule has 1 aromatic heterocycles. The van der Waals surface area contributed by atoms with Crippen LogP contribution in [0.2, 0.25) is 5.15 Å². The number of nitrogens with zero attached hydrogens (tertiary/aromatic N) is 1. The van der Waals surface area contributed by atoms with Crippen molar-refractivity contribution in [2.24, 2.45) is 0 Å². The third kappa shape index (κ3) is 5.31. The van der Waals surface area contributed by atoms with Gasteiger partial charge >= 0.3 is 0 Å². The Morgan fingerprint density at radius 1 is 1.48 bits per heavy atom. The number of carbonyl (C=O) groups is 1. The van der Waals surface area contributed by atoms with Crippen LogP contribution >= 0.6 is 11.6 Å². The van der Waals surface area contributed by atoms with Gasteiger partial charge in [-0.2, -0.15) is 0 Å². The molecule has 0 aliphatic heterocycles. The maximum absolute atomic E-state index is 14.0. The third-order valence-corrected chi connectivity index (χ3v) is 3.37. The zero-order chi connectivity index (χ0) is 15.8. The van der Waals surface area contributed by atoms with Crippen LogP contribution in [0.1, 0.15) is 39.2 Å². The lowest BCUT2D eigenvalue weighted by atomic mass is 10.1. The molecule has 3 nitrogen and oxygen atoms in total. The van der Waals surface area contributed by atoms with Gasteiger partial charge in [-0.05, 0) is 43.0 Å². The maximum atomic E-state index is 14.0. The van der Waals surface area contributed by atoms with Gasteiger partial charge < -0.3 is 5.32 Å². The Balaban J connectivity index is 2.88. The van der Waals surface area contributed by atoms with E-state index in [9.17, 15) is 9.18 Å². The first-order valence-electron chi connectivity index (χ1n) is 6.94. The van der Waals surface area contributed by atoms with E-state index in [0.29, 0.717) is 18.4 Å². The van der Waals surface area contributed by atoms with Crippen molar-refractivity contribution in [2.45, 2.75) is 40.0 Å². The SMILES string of the molecule is CC/C=C(F)\C(NC(=O)Cc1cccnc1Cl)=C(\C)CC. The molecular formula is C16H20ClFN2O. The Hall–Kier alpha value is -1.68. The average molecular weight is 311 g/mol. The fourth-order valence-electron chi connectivity index (χ4n) is 1.74. The average Bonchev–Trinajstić information content (AvgIpc) is 2.46. The number of allylic oxidation sites excluding steroid dienone is 3. The van der Waals surface area contributed by atoms with Crippen LogP contribution in [0.4, 0.5) is 4.39 Å². The topological polar surface area (TPSA) is 42.0 Å². The van der Waals surface area contributed by atoms with Gasteiger partial charge in [0.05, 0.1) is 12.1 Å². The highest BCUT2D eigenvalue weighted by molar-refractivity contribution is 6.30. The molecule has 0 fully saturated rings. The van der Waals surface area contributed by atoms with Crippen LogP contribution in [0.5, 0.6) is 0 Å². The molecule has 1 aromatic rings. The summed E-state index contributed by atoms with van der Waals surface area (Å²) in [6, 6.07) is 3.43. The van der Waals surface area contributed by atoms with Gasteiger partial charge in [-0.25, -0.2) is 9.37 Å². The van der Waals surface area contributed by atoms with E-state index in [-0.39, 0.29) is 23.2 Å². The number of pyridine rings is 1. The maximum Gasteiger partial charge on any atom is 0.228 e. The van der Waals surface area contributed by atoms with Crippen LogP contribution < -0.4 is 5.32 Å². The van der Waals surface area contributed by atoms with Crippen molar-refractivity contribution in [3.63, 3.8) is 0 Å². The van der Waals surface area contributed by atoms with Gasteiger partial charge in [0.15, 0.2) is 0 Å². The summed E-state index contributed by atoms with van der Waals surface area (Å²) in [5.41, 5.74) is 1.66. The van der Waals surface area contributed by atoms with Crippen molar-refractivity contribution in [3.05, 3.63) is 52.2 Å². The van der Waals surface area contributed by atoms with Crippen LogP contribution in [0.15, 0.2) is 41.5 Å². The van der Waals surface area contributed by atoms with Gasteiger partial charge in [0, 0.05) is 6.20 Å². The second-order valence-corrected chi connectivity index (χ2v) is 5.01. The van der Waals surface area contributed by atoms with Gasteiger partial charge in [0.25, 0.3) is 0 Å². The smallest absolute Gasteiger partial charge is 0.228 e. The number of nitrogens with one attached hydrogen (secondary N) is 1. The van der Waals surface area contributed by atoms with Crippen LogP contribution in [0, 0.1) is 0 Å². The highest BCUT2D eigenvalue weighted by Gasteiger charge is 2.13. The highest BCUT2D eigenvalue weighted by atomic mass is 35.5. The van der Waals surface area contributed by atoms with Crippen molar-refractivity contribution < 1.29 is 9.18 Å². The van der Waals surface area contributed by atoms with E-state index in [2.05, 4.69) is 10.3 Å². The van der Waals surface area contributed by atoms with Crippen molar-refractivity contribution >= 4 is 17.5 Å². The molecular weight excluding hydrogens is 291 g/mol. The molecule has 0 radical (unpaired) electrons. The molecule has 0 atom stereocenters. The van der Waals surface area contributed by atoms with Crippen molar-refractivity contribution in [2.75, 3.05) is 0 Å². The molecule has 0 aliphatic carbocycles. The Labute approximate surface area is 129 Å². The Kier molecular flexibility index (Phi) is 7.09. The van der Waals surface area contributed by atoms with Crippen molar-refractivity contribution in [1.29, 1.82) is 0 Å². The van der Waals surface area contributed by atoms with Crippen LogP contribution in [0.3, 0.4) is 0 Å². The summed E-state index contributed by atoms with van der Waals surface area (Å²) in [5.74, 6) is -0.713. The van der Waals surface area contributed by atoms with E-state index < -0.39 is 5.83 Å². The van der Waals surface area contributed by atoms with Gasteiger partial charge in [-0.15, -0.1) is 0 Å². The number of amides is 1. The second-order valence-electron chi connectivity index (χ2n) is 4.65. The fraction of sp³-hybridized carbons (Fsp3) is 0.375. The summed E-state index contributed by atoms with van der Waals surface area (Å²) in [4.78, 5) is 16.0. The molecule has 0 saturated carbocycles. The molecule has 0 bridgehead atoms. The molecule has 0 unspecified atom stereocenters. The normalized spacial score (nSPS) is 12.9. The predicted octanol–water partition coefficient (Wildman–Crippen LogP) is 4.34. The first-order valence-corrected chi connectivity index (χ1v) is 7.32. The lowest BCUT2D eigenvalue weighted by Gasteiger charge is -2.12. The van der Waals surface area contributed by atoms with Gasteiger partial charge in [-0.3, -0.25) is 4.79 Å². The number of hydrogen-bond donors (Lipinski definition) is 1. The summed E-state index contributed by atoms with van der Waals surface area (Å²) < 4.78 is 14.0. The van der Waals surface area contributed by atoms with Gasteiger partial charge in [-0.1, -0.05) is 31.5 Å². The Bertz CT molecular complexity index is 567. The molecule has 1 heterocycles. The fourth-order valence-corrected chi connectivity index (χ4v) is 1.92. The first kappa shape index (κ1) is 17.4. The first-order chi connectivity index (χ1) is 9.99. The minimum Gasteiger partial charge on any atom is -0.323 e. The summed E-state index contributed by atoms with van der Waals surface area (Å²) in [5, 5.41) is 2.93. The predicted molar refractivity (Wildman–Crippen MR) is 83.6 cm³/mol. The van der Waals surface area contributed by atoms with Crippen LogP contribution in [-0.4, -0.2) is 10.9 Å². The molecule has 0 aromatic carbocycles. The lowest BCUT2D eigenvalue weighted by Crippen LogP contribution is -2.26. The van der Waals surface area contributed by atoms with Crippen molar-refractivity contribution in [3.8, 4) is 0 Å². The Morgan fingerprint density at radius 2 is 2.19 bits per heavy atom. The summed E-state index contributed by atoms with van der Waals surface area (Å²) in [7, 11) is 0. The molecule has 1 rings (SSSR count).